The number of hydrogen-bond donors (Lipinski definition) is 1. The first-order valence-corrected chi connectivity index (χ1v) is 9.48. The standard InChI is InChI=1S/C21H33N5/c1-7-22-21(23-13-12-18-10-8-17(4)9-11-18)25(5)14-19-15-26(6)24-20(19)16(2)3/h8-11,15-16H,7,12-14H2,1-6H3,(H,22,23). The predicted molar refractivity (Wildman–Crippen MR) is 110 cm³/mol. The number of guanidine groups is 1. The highest BCUT2D eigenvalue weighted by molar-refractivity contribution is 5.79. The van der Waals surface area contributed by atoms with Crippen molar-refractivity contribution in [3.63, 3.8) is 0 Å². The van der Waals surface area contributed by atoms with E-state index < -0.39 is 0 Å². The van der Waals surface area contributed by atoms with Crippen LogP contribution in [0.15, 0.2) is 35.5 Å². The zero-order valence-corrected chi connectivity index (χ0v) is 17.1. The Hall–Kier alpha value is -2.30. The fraction of sp³-hybridized carbons (Fsp3) is 0.524. The molecule has 0 aliphatic carbocycles. The highest BCUT2D eigenvalue weighted by atomic mass is 15.3. The van der Waals surface area contributed by atoms with Gasteiger partial charge >= 0.3 is 0 Å². The molecule has 26 heavy (non-hydrogen) atoms. The van der Waals surface area contributed by atoms with Crippen molar-refractivity contribution in [2.75, 3.05) is 20.1 Å². The summed E-state index contributed by atoms with van der Waals surface area (Å²) in [5.74, 6) is 1.36. The Kier molecular flexibility index (Phi) is 7.25. The third-order valence-corrected chi connectivity index (χ3v) is 4.37. The topological polar surface area (TPSA) is 45.5 Å². The van der Waals surface area contributed by atoms with Crippen molar-refractivity contribution in [3.05, 3.63) is 52.8 Å². The zero-order valence-electron chi connectivity index (χ0n) is 17.1. The smallest absolute Gasteiger partial charge is 0.193 e. The van der Waals surface area contributed by atoms with Crippen molar-refractivity contribution in [3.8, 4) is 0 Å². The van der Waals surface area contributed by atoms with E-state index in [-0.39, 0.29) is 0 Å². The molecule has 1 N–H and O–H groups in total. The Labute approximate surface area is 158 Å². The number of aryl methyl sites for hydroxylation is 2. The van der Waals surface area contributed by atoms with Crippen LogP contribution in [0.4, 0.5) is 0 Å². The SMILES string of the molecule is CCNC(=NCCc1ccc(C)cc1)N(C)Cc1cn(C)nc1C(C)C. The molecule has 0 saturated carbocycles. The Morgan fingerprint density at radius 2 is 1.96 bits per heavy atom. The first-order valence-electron chi connectivity index (χ1n) is 9.48. The lowest BCUT2D eigenvalue weighted by atomic mass is 10.1. The molecule has 2 aromatic rings. The molecular formula is C21H33N5. The number of rotatable bonds is 7. The van der Waals surface area contributed by atoms with Gasteiger partial charge in [-0.15, -0.1) is 0 Å². The average Bonchev–Trinajstić information content (AvgIpc) is 2.96. The van der Waals surface area contributed by atoms with Crippen molar-refractivity contribution < 1.29 is 0 Å². The summed E-state index contributed by atoms with van der Waals surface area (Å²) in [6.07, 6.45) is 3.06. The maximum atomic E-state index is 4.81. The average molecular weight is 356 g/mol. The molecule has 0 amide bonds. The normalized spacial score (nSPS) is 11.9. The molecule has 0 unspecified atom stereocenters. The van der Waals surface area contributed by atoms with Crippen molar-refractivity contribution in [1.29, 1.82) is 0 Å². The number of benzene rings is 1. The van der Waals surface area contributed by atoms with Gasteiger partial charge in [0.15, 0.2) is 5.96 Å². The largest absolute Gasteiger partial charge is 0.357 e. The number of hydrogen-bond acceptors (Lipinski definition) is 2. The predicted octanol–water partition coefficient (Wildman–Crippen LogP) is 3.49. The minimum absolute atomic E-state index is 0.417. The minimum Gasteiger partial charge on any atom is -0.357 e. The number of nitrogens with one attached hydrogen (secondary N) is 1. The summed E-state index contributed by atoms with van der Waals surface area (Å²) in [6.45, 7) is 11.0. The van der Waals surface area contributed by atoms with Crippen LogP contribution in [0, 0.1) is 6.92 Å². The zero-order chi connectivity index (χ0) is 19.1. The molecule has 0 spiro atoms. The highest BCUT2D eigenvalue weighted by Gasteiger charge is 2.15. The second-order valence-corrected chi connectivity index (χ2v) is 7.20. The van der Waals surface area contributed by atoms with Gasteiger partial charge in [-0.05, 0) is 31.7 Å². The van der Waals surface area contributed by atoms with E-state index in [9.17, 15) is 0 Å². The fourth-order valence-electron chi connectivity index (χ4n) is 3.01. The van der Waals surface area contributed by atoms with Gasteiger partial charge in [0.25, 0.3) is 0 Å². The van der Waals surface area contributed by atoms with Gasteiger partial charge in [0.2, 0.25) is 0 Å². The molecule has 1 aromatic carbocycles. The van der Waals surface area contributed by atoms with Gasteiger partial charge in [-0.3, -0.25) is 9.67 Å². The van der Waals surface area contributed by atoms with Crippen LogP contribution in [0.25, 0.3) is 0 Å². The highest BCUT2D eigenvalue weighted by Crippen LogP contribution is 2.18. The molecule has 5 heteroatoms. The lowest BCUT2D eigenvalue weighted by Gasteiger charge is -2.22. The van der Waals surface area contributed by atoms with Crippen LogP contribution in [0.1, 0.15) is 49.1 Å². The summed E-state index contributed by atoms with van der Waals surface area (Å²) in [4.78, 5) is 6.99. The molecule has 1 heterocycles. The van der Waals surface area contributed by atoms with Crippen LogP contribution < -0.4 is 5.32 Å². The monoisotopic (exact) mass is 355 g/mol. The first kappa shape index (κ1) is 20.0. The van der Waals surface area contributed by atoms with Crippen molar-refractivity contribution in [1.82, 2.24) is 20.0 Å². The summed E-state index contributed by atoms with van der Waals surface area (Å²) in [6, 6.07) is 8.69. The molecular weight excluding hydrogens is 322 g/mol. The minimum atomic E-state index is 0.417. The lowest BCUT2D eigenvalue weighted by molar-refractivity contribution is 0.473. The van der Waals surface area contributed by atoms with E-state index in [4.69, 9.17) is 4.99 Å². The van der Waals surface area contributed by atoms with Gasteiger partial charge in [-0.2, -0.15) is 5.10 Å². The summed E-state index contributed by atoms with van der Waals surface area (Å²) in [5.41, 5.74) is 5.04. The van der Waals surface area contributed by atoms with E-state index in [0.717, 1.165) is 37.7 Å². The van der Waals surface area contributed by atoms with E-state index in [1.54, 1.807) is 0 Å². The molecule has 0 bridgehead atoms. The molecule has 142 valence electrons. The Balaban J connectivity index is 2.04. The molecule has 0 aliphatic rings. The van der Waals surface area contributed by atoms with Crippen LogP contribution in [-0.4, -0.2) is 40.8 Å². The maximum Gasteiger partial charge on any atom is 0.193 e. The third-order valence-electron chi connectivity index (χ3n) is 4.37. The summed E-state index contributed by atoms with van der Waals surface area (Å²) < 4.78 is 1.90. The van der Waals surface area contributed by atoms with Gasteiger partial charge in [-0.1, -0.05) is 43.7 Å². The lowest BCUT2D eigenvalue weighted by Crippen LogP contribution is -2.38. The molecule has 1 aromatic heterocycles. The molecule has 0 fully saturated rings. The fourth-order valence-corrected chi connectivity index (χ4v) is 3.01. The van der Waals surface area contributed by atoms with Gasteiger partial charge in [-0.25, -0.2) is 0 Å². The summed E-state index contributed by atoms with van der Waals surface area (Å²) >= 11 is 0. The van der Waals surface area contributed by atoms with Gasteiger partial charge in [0.1, 0.15) is 0 Å². The second-order valence-electron chi connectivity index (χ2n) is 7.20. The second kappa shape index (κ2) is 9.41. The quantitative estimate of drug-likeness (QED) is 0.611. The Bertz CT molecular complexity index is 713. The van der Waals surface area contributed by atoms with E-state index in [2.05, 4.69) is 80.5 Å². The Morgan fingerprint density at radius 1 is 1.27 bits per heavy atom. The first-order chi connectivity index (χ1) is 12.4. The number of aliphatic imine (C=N–C) groups is 1. The molecule has 5 nitrogen and oxygen atoms in total. The van der Waals surface area contributed by atoms with Crippen molar-refractivity contribution >= 4 is 5.96 Å². The molecule has 2 rings (SSSR count). The molecule has 0 saturated heterocycles. The van der Waals surface area contributed by atoms with Crippen LogP contribution in [0.5, 0.6) is 0 Å². The van der Waals surface area contributed by atoms with Crippen LogP contribution >= 0.6 is 0 Å². The van der Waals surface area contributed by atoms with Gasteiger partial charge in [0.05, 0.1) is 5.69 Å². The van der Waals surface area contributed by atoms with Crippen LogP contribution in [0.2, 0.25) is 0 Å². The van der Waals surface area contributed by atoms with Crippen molar-refractivity contribution in [2.24, 2.45) is 12.0 Å². The molecule has 0 atom stereocenters. The van der Waals surface area contributed by atoms with Crippen LogP contribution in [-0.2, 0) is 20.0 Å². The number of nitrogens with zero attached hydrogens (tertiary/aromatic N) is 4. The van der Waals surface area contributed by atoms with E-state index in [0.29, 0.717) is 5.92 Å². The van der Waals surface area contributed by atoms with Crippen LogP contribution in [0.3, 0.4) is 0 Å². The molecule has 0 aliphatic heterocycles. The third kappa shape index (κ3) is 5.61. The Morgan fingerprint density at radius 3 is 2.58 bits per heavy atom. The summed E-state index contributed by atoms with van der Waals surface area (Å²) in [7, 11) is 4.07. The van der Waals surface area contributed by atoms with Crippen molar-refractivity contribution in [2.45, 2.75) is 46.6 Å². The van der Waals surface area contributed by atoms with Gasteiger partial charge < -0.3 is 10.2 Å². The van der Waals surface area contributed by atoms with E-state index >= 15 is 0 Å². The number of aromatic nitrogens is 2. The maximum absolute atomic E-state index is 4.81. The van der Waals surface area contributed by atoms with E-state index in [1.807, 2.05) is 11.7 Å². The summed E-state index contributed by atoms with van der Waals surface area (Å²) in [5, 5.41) is 8.01. The molecule has 0 radical (unpaired) electrons. The van der Waals surface area contributed by atoms with E-state index in [1.165, 1.54) is 16.7 Å². The van der Waals surface area contributed by atoms with Gasteiger partial charge in [0, 0.05) is 45.5 Å².